The molecule has 0 aromatic carbocycles. The van der Waals surface area contributed by atoms with Crippen LogP contribution in [-0.2, 0) is 5.54 Å². The summed E-state index contributed by atoms with van der Waals surface area (Å²) in [7, 11) is 0. The predicted octanol–water partition coefficient (Wildman–Crippen LogP) is 4.95. The van der Waals surface area contributed by atoms with E-state index in [0.29, 0.717) is 4.77 Å². The molecule has 0 saturated heterocycles. The number of H-pyrrole nitrogens is 1. The number of thiophene rings is 1. The molecule has 0 unspecified atom stereocenters. The molecule has 2 aromatic rings. The van der Waals surface area contributed by atoms with E-state index in [2.05, 4.69) is 62.8 Å². The summed E-state index contributed by atoms with van der Waals surface area (Å²) in [6.45, 7) is 6.33. The Kier molecular flexibility index (Phi) is 3.64. The zero-order valence-electron chi connectivity index (χ0n) is 9.54. The van der Waals surface area contributed by atoms with Crippen molar-refractivity contribution >= 4 is 55.4 Å². The van der Waals surface area contributed by atoms with Gasteiger partial charge in [0.1, 0.15) is 0 Å². The predicted molar refractivity (Wildman–Crippen MR) is 81.1 cm³/mol. The summed E-state index contributed by atoms with van der Waals surface area (Å²) in [5.74, 6) is 0.874. The van der Waals surface area contributed by atoms with Gasteiger partial charge < -0.3 is 0 Å². The monoisotopic (exact) mass is 395 g/mol. The lowest BCUT2D eigenvalue weighted by Crippen LogP contribution is -2.22. The molecule has 2 rings (SSSR count). The summed E-state index contributed by atoms with van der Waals surface area (Å²) in [5.41, 5.74) is -0.0949. The average molecular weight is 397 g/mol. The molecule has 0 aliphatic carbocycles. The van der Waals surface area contributed by atoms with Crippen LogP contribution in [-0.4, -0.2) is 14.8 Å². The molecule has 17 heavy (non-hydrogen) atoms. The molecule has 1 N–H and O–H groups in total. The van der Waals surface area contributed by atoms with Crippen LogP contribution < -0.4 is 0 Å². The van der Waals surface area contributed by atoms with Crippen molar-refractivity contribution in [3.8, 4) is 10.7 Å². The third-order valence-electron chi connectivity index (χ3n) is 2.21. The molecule has 0 radical (unpaired) electrons. The second-order valence-electron chi connectivity index (χ2n) is 4.59. The van der Waals surface area contributed by atoms with Gasteiger partial charge in [-0.15, -0.1) is 11.3 Å². The Labute approximate surface area is 126 Å². The molecular weight excluding hydrogens is 386 g/mol. The largest absolute Gasteiger partial charge is 0.294 e. The van der Waals surface area contributed by atoms with Crippen molar-refractivity contribution in [1.82, 2.24) is 14.8 Å². The Balaban J connectivity index is 2.65. The van der Waals surface area contributed by atoms with Gasteiger partial charge in [0.15, 0.2) is 10.6 Å². The third-order valence-corrected chi connectivity index (χ3v) is 5.73. The molecule has 7 heteroatoms. The van der Waals surface area contributed by atoms with Gasteiger partial charge in [-0.3, -0.25) is 9.67 Å². The van der Waals surface area contributed by atoms with Crippen LogP contribution in [0.5, 0.6) is 0 Å². The van der Waals surface area contributed by atoms with E-state index in [1.165, 1.54) is 0 Å². The van der Waals surface area contributed by atoms with Crippen LogP contribution >= 0.6 is 55.4 Å². The average Bonchev–Trinajstić information content (AvgIpc) is 2.70. The van der Waals surface area contributed by atoms with Gasteiger partial charge in [0.05, 0.1) is 8.66 Å². The van der Waals surface area contributed by atoms with E-state index in [0.717, 1.165) is 19.0 Å². The Morgan fingerprint density at radius 2 is 2.06 bits per heavy atom. The Morgan fingerprint density at radius 3 is 2.53 bits per heavy atom. The maximum Gasteiger partial charge on any atom is 0.195 e. The van der Waals surface area contributed by atoms with Crippen molar-refractivity contribution < 1.29 is 0 Å². The first kappa shape index (κ1) is 13.5. The molecule has 2 aromatic heterocycles. The van der Waals surface area contributed by atoms with Crippen LogP contribution in [0.15, 0.2) is 14.3 Å². The zero-order valence-corrected chi connectivity index (χ0v) is 14.3. The van der Waals surface area contributed by atoms with E-state index < -0.39 is 0 Å². The smallest absolute Gasteiger partial charge is 0.195 e. The number of aromatic amines is 1. The number of aromatic nitrogens is 3. The summed E-state index contributed by atoms with van der Waals surface area (Å²) in [5, 5.41) is 7.18. The normalized spacial score (nSPS) is 12.1. The van der Waals surface area contributed by atoms with Crippen molar-refractivity contribution in [3.05, 3.63) is 19.1 Å². The van der Waals surface area contributed by atoms with Gasteiger partial charge in [-0.2, -0.15) is 5.10 Å². The van der Waals surface area contributed by atoms with E-state index >= 15 is 0 Å². The topological polar surface area (TPSA) is 33.6 Å². The van der Waals surface area contributed by atoms with Gasteiger partial charge in [0.25, 0.3) is 0 Å². The third kappa shape index (κ3) is 2.57. The first-order valence-corrected chi connectivity index (χ1v) is 7.75. The van der Waals surface area contributed by atoms with Crippen molar-refractivity contribution in [1.29, 1.82) is 0 Å². The summed E-state index contributed by atoms with van der Waals surface area (Å²) in [4.78, 5) is 1.08. The van der Waals surface area contributed by atoms with Crippen LogP contribution in [0.1, 0.15) is 20.8 Å². The lowest BCUT2D eigenvalue weighted by atomic mass is 10.1. The van der Waals surface area contributed by atoms with Crippen LogP contribution in [0.3, 0.4) is 0 Å². The fourth-order valence-electron chi connectivity index (χ4n) is 1.54. The van der Waals surface area contributed by atoms with E-state index in [4.69, 9.17) is 12.2 Å². The molecule has 2 heterocycles. The summed E-state index contributed by atoms with van der Waals surface area (Å²) in [6, 6.07) is 2.04. The molecule has 92 valence electrons. The van der Waals surface area contributed by atoms with Crippen LogP contribution in [0.25, 0.3) is 10.7 Å². The lowest BCUT2D eigenvalue weighted by Gasteiger charge is -2.21. The molecule has 0 aliphatic rings. The van der Waals surface area contributed by atoms with Crippen LogP contribution in [0, 0.1) is 4.77 Å². The molecule has 3 nitrogen and oxygen atoms in total. The minimum atomic E-state index is -0.0949. The Morgan fingerprint density at radius 1 is 1.41 bits per heavy atom. The minimum absolute atomic E-state index is 0.0949. The standard InChI is InChI=1S/C10H11Br2N3S2/c1-10(2,3)15-8(13-14-9(15)16)6-4-5(11)7(12)17-6/h4H,1-3H3,(H,14,16). The number of hydrogen-bond acceptors (Lipinski definition) is 3. The second kappa shape index (κ2) is 4.60. The summed E-state index contributed by atoms with van der Waals surface area (Å²) >= 11 is 13.9. The van der Waals surface area contributed by atoms with Crippen molar-refractivity contribution in [2.24, 2.45) is 0 Å². The van der Waals surface area contributed by atoms with E-state index in [1.54, 1.807) is 11.3 Å². The molecule has 0 amide bonds. The first-order valence-electron chi connectivity index (χ1n) is 4.94. The molecular formula is C10H11Br2N3S2. The number of nitrogens with one attached hydrogen (secondary N) is 1. The van der Waals surface area contributed by atoms with Crippen LogP contribution in [0.2, 0.25) is 0 Å². The van der Waals surface area contributed by atoms with Crippen molar-refractivity contribution in [3.63, 3.8) is 0 Å². The van der Waals surface area contributed by atoms with Gasteiger partial charge >= 0.3 is 0 Å². The van der Waals surface area contributed by atoms with Gasteiger partial charge in [-0.05, 0) is 70.9 Å². The van der Waals surface area contributed by atoms with Crippen molar-refractivity contribution in [2.75, 3.05) is 0 Å². The molecule has 0 aliphatic heterocycles. The Bertz CT molecular complexity index is 584. The number of nitrogens with zero attached hydrogens (tertiary/aromatic N) is 2. The highest BCUT2D eigenvalue weighted by Gasteiger charge is 2.21. The highest BCUT2D eigenvalue weighted by atomic mass is 79.9. The molecule has 0 spiro atoms. The second-order valence-corrected chi connectivity index (χ2v) is 8.20. The molecule has 0 atom stereocenters. The summed E-state index contributed by atoms with van der Waals surface area (Å²) in [6.07, 6.45) is 0. The fourth-order valence-corrected chi connectivity index (χ4v) is 3.96. The highest BCUT2D eigenvalue weighted by Crippen LogP contribution is 2.38. The quantitative estimate of drug-likeness (QED) is 0.691. The van der Waals surface area contributed by atoms with E-state index in [9.17, 15) is 0 Å². The Hall–Kier alpha value is 0.0200. The van der Waals surface area contributed by atoms with Crippen molar-refractivity contribution in [2.45, 2.75) is 26.3 Å². The maximum absolute atomic E-state index is 5.29. The molecule has 0 saturated carbocycles. The SMILES string of the molecule is CC(C)(C)n1c(-c2cc(Br)c(Br)s2)n[nH]c1=S. The van der Waals surface area contributed by atoms with Gasteiger partial charge in [-0.25, -0.2) is 0 Å². The van der Waals surface area contributed by atoms with Gasteiger partial charge in [0, 0.05) is 10.0 Å². The first-order chi connectivity index (χ1) is 7.80. The number of hydrogen-bond donors (Lipinski definition) is 1. The zero-order chi connectivity index (χ0) is 12.8. The lowest BCUT2D eigenvalue weighted by molar-refractivity contribution is 0.396. The molecule has 0 bridgehead atoms. The highest BCUT2D eigenvalue weighted by molar-refractivity contribution is 9.13. The number of rotatable bonds is 1. The van der Waals surface area contributed by atoms with Gasteiger partial charge in [0.2, 0.25) is 0 Å². The summed E-state index contributed by atoms with van der Waals surface area (Å²) < 4.78 is 4.77. The molecule has 0 fully saturated rings. The van der Waals surface area contributed by atoms with E-state index in [1.807, 2.05) is 10.6 Å². The van der Waals surface area contributed by atoms with Crippen LogP contribution in [0.4, 0.5) is 0 Å². The number of halogens is 2. The van der Waals surface area contributed by atoms with E-state index in [-0.39, 0.29) is 5.54 Å². The minimum Gasteiger partial charge on any atom is -0.294 e. The van der Waals surface area contributed by atoms with Gasteiger partial charge in [-0.1, -0.05) is 0 Å². The fraction of sp³-hybridized carbons (Fsp3) is 0.400. The maximum atomic E-state index is 5.29.